The van der Waals surface area contributed by atoms with Crippen LogP contribution in [0.25, 0.3) is 0 Å². The number of Topliss-reactive ketones (excluding diaryl/α,β-unsaturated/α-hetero) is 1. The van der Waals surface area contributed by atoms with E-state index < -0.39 is 0 Å². The molecule has 5 heteroatoms. The van der Waals surface area contributed by atoms with Gasteiger partial charge in [-0.3, -0.25) is 4.79 Å². The van der Waals surface area contributed by atoms with Gasteiger partial charge in [-0.25, -0.2) is 0 Å². The molecule has 3 rings (SSSR count). The number of ketones is 1. The number of carbonyl (C=O) groups is 1. The van der Waals surface area contributed by atoms with E-state index in [4.69, 9.17) is 10.5 Å². The number of rotatable bonds is 6. The molecule has 2 heterocycles. The van der Waals surface area contributed by atoms with Crippen LogP contribution in [-0.4, -0.2) is 25.0 Å². The molecule has 0 amide bonds. The lowest BCUT2D eigenvalue weighted by molar-refractivity contribution is 0.0900. The number of hydrogen-bond donors (Lipinski definition) is 2. The molecule has 2 unspecified atom stereocenters. The highest BCUT2D eigenvalue weighted by Gasteiger charge is 2.33. The molecule has 1 saturated heterocycles. The zero-order valence-electron chi connectivity index (χ0n) is 11.9. The minimum absolute atomic E-state index is 0.233. The molecule has 0 spiro atoms. The molecule has 4 nitrogen and oxygen atoms in total. The molecule has 2 aliphatic rings. The molecule has 0 bridgehead atoms. The monoisotopic (exact) mass is 294 g/mol. The Morgan fingerprint density at radius 2 is 2.30 bits per heavy atom. The van der Waals surface area contributed by atoms with E-state index >= 15 is 0 Å². The fourth-order valence-electron chi connectivity index (χ4n) is 2.82. The van der Waals surface area contributed by atoms with Crippen LogP contribution in [0.2, 0.25) is 0 Å². The SMILES string of the molecule is CCC1OCCC1CNc1cc(N)c(C(=O)C2CC2)s1. The van der Waals surface area contributed by atoms with Crippen LogP contribution in [0.15, 0.2) is 6.07 Å². The van der Waals surface area contributed by atoms with E-state index in [2.05, 4.69) is 12.2 Å². The number of hydrogen-bond acceptors (Lipinski definition) is 5. The first-order valence-electron chi connectivity index (χ1n) is 7.48. The van der Waals surface area contributed by atoms with Crippen molar-refractivity contribution in [3.8, 4) is 0 Å². The predicted octanol–water partition coefficient (Wildman–Crippen LogP) is 3.15. The van der Waals surface area contributed by atoms with Crippen molar-refractivity contribution in [3.05, 3.63) is 10.9 Å². The number of carbonyl (C=O) groups excluding carboxylic acids is 1. The van der Waals surface area contributed by atoms with Crippen molar-refractivity contribution in [3.63, 3.8) is 0 Å². The molecule has 3 N–H and O–H groups in total. The van der Waals surface area contributed by atoms with Crippen molar-refractivity contribution < 1.29 is 9.53 Å². The Morgan fingerprint density at radius 3 is 3.00 bits per heavy atom. The third-order valence-electron chi connectivity index (χ3n) is 4.22. The van der Waals surface area contributed by atoms with Gasteiger partial charge in [-0.05, 0) is 31.7 Å². The summed E-state index contributed by atoms with van der Waals surface area (Å²) in [5, 5.41) is 4.44. The maximum Gasteiger partial charge on any atom is 0.178 e. The Bertz CT molecular complexity index is 496. The van der Waals surface area contributed by atoms with Gasteiger partial charge in [-0.1, -0.05) is 6.92 Å². The van der Waals surface area contributed by atoms with Gasteiger partial charge in [0, 0.05) is 25.0 Å². The van der Waals surface area contributed by atoms with E-state index in [9.17, 15) is 4.79 Å². The van der Waals surface area contributed by atoms with Gasteiger partial charge in [0.1, 0.15) is 0 Å². The lowest BCUT2D eigenvalue weighted by atomic mass is 10.00. The van der Waals surface area contributed by atoms with E-state index in [1.54, 1.807) is 0 Å². The summed E-state index contributed by atoms with van der Waals surface area (Å²) in [6.07, 6.45) is 4.59. The maximum absolute atomic E-state index is 12.1. The van der Waals surface area contributed by atoms with Gasteiger partial charge in [-0.2, -0.15) is 0 Å². The summed E-state index contributed by atoms with van der Waals surface area (Å²) >= 11 is 1.50. The van der Waals surface area contributed by atoms with Crippen molar-refractivity contribution in [2.45, 2.75) is 38.7 Å². The second-order valence-corrected chi connectivity index (χ2v) is 6.83. The van der Waals surface area contributed by atoms with Crippen LogP contribution in [0.4, 0.5) is 10.7 Å². The molecule has 2 atom stereocenters. The molecule has 1 aliphatic carbocycles. The van der Waals surface area contributed by atoms with Crippen LogP contribution < -0.4 is 11.1 Å². The fourth-order valence-corrected chi connectivity index (χ4v) is 3.83. The van der Waals surface area contributed by atoms with Crippen LogP contribution in [0.3, 0.4) is 0 Å². The summed E-state index contributed by atoms with van der Waals surface area (Å²) in [6.45, 7) is 3.93. The van der Waals surface area contributed by atoms with Crippen molar-refractivity contribution >= 4 is 27.8 Å². The molecular formula is C15H22N2O2S. The molecule has 1 aromatic rings. The normalized spacial score (nSPS) is 25.9. The van der Waals surface area contributed by atoms with E-state index in [0.717, 1.165) is 48.7 Å². The Labute approximate surface area is 123 Å². The van der Waals surface area contributed by atoms with E-state index in [-0.39, 0.29) is 11.7 Å². The van der Waals surface area contributed by atoms with Crippen LogP contribution in [0.5, 0.6) is 0 Å². The van der Waals surface area contributed by atoms with Gasteiger partial charge in [0.05, 0.1) is 21.7 Å². The number of ether oxygens (including phenoxy) is 1. The van der Waals surface area contributed by atoms with Gasteiger partial charge < -0.3 is 15.8 Å². The number of nitrogens with two attached hydrogens (primary N) is 1. The highest BCUT2D eigenvalue weighted by molar-refractivity contribution is 7.18. The minimum Gasteiger partial charge on any atom is -0.397 e. The summed E-state index contributed by atoms with van der Waals surface area (Å²) in [4.78, 5) is 12.8. The number of thiophene rings is 1. The largest absolute Gasteiger partial charge is 0.397 e. The Kier molecular flexibility index (Phi) is 3.98. The first-order chi connectivity index (χ1) is 9.69. The predicted molar refractivity (Wildman–Crippen MR) is 82.4 cm³/mol. The third kappa shape index (κ3) is 2.83. The second kappa shape index (κ2) is 5.74. The van der Waals surface area contributed by atoms with Crippen LogP contribution in [-0.2, 0) is 4.74 Å². The van der Waals surface area contributed by atoms with E-state index in [1.165, 1.54) is 11.3 Å². The van der Waals surface area contributed by atoms with Crippen molar-refractivity contribution in [2.24, 2.45) is 11.8 Å². The third-order valence-corrected chi connectivity index (χ3v) is 5.34. The summed E-state index contributed by atoms with van der Waals surface area (Å²) in [6, 6.07) is 1.90. The van der Waals surface area contributed by atoms with Crippen LogP contribution in [0.1, 0.15) is 42.3 Å². The zero-order chi connectivity index (χ0) is 14.1. The maximum atomic E-state index is 12.1. The van der Waals surface area contributed by atoms with Gasteiger partial charge >= 0.3 is 0 Å². The molecular weight excluding hydrogens is 272 g/mol. The molecule has 1 aromatic heterocycles. The molecule has 0 aromatic carbocycles. The van der Waals surface area contributed by atoms with Crippen LogP contribution in [0, 0.1) is 11.8 Å². The lowest BCUT2D eigenvalue weighted by Crippen LogP contribution is -2.22. The summed E-state index contributed by atoms with van der Waals surface area (Å²) in [5.41, 5.74) is 6.60. The minimum atomic E-state index is 0.233. The highest BCUT2D eigenvalue weighted by atomic mass is 32.1. The standard InChI is InChI=1S/C15H22N2O2S/c1-2-12-10(5-6-19-12)8-17-13-7-11(16)15(20-13)14(18)9-3-4-9/h7,9-10,12,17H,2-6,8,16H2,1H3. The molecule has 1 saturated carbocycles. The highest BCUT2D eigenvalue weighted by Crippen LogP contribution is 2.39. The quantitative estimate of drug-likeness (QED) is 0.791. The lowest BCUT2D eigenvalue weighted by Gasteiger charge is -2.17. The van der Waals surface area contributed by atoms with Crippen molar-refractivity contribution in [1.29, 1.82) is 0 Å². The number of nitrogens with one attached hydrogen (secondary N) is 1. The van der Waals surface area contributed by atoms with Gasteiger partial charge in [-0.15, -0.1) is 11.3 Å². The smallest absolute Gasteiger partial charge is 0.178 e. The molecule has 0 radical (unpaired) electrons. The first-order valence-corrected chi connectivity index (χ1v) is 8.29. The number of anilines is 2. The zero-order valence-corrected chi connectivity index (χ0v) is 12.7. The summed E-state index contributed by atoms with van der Waals surface area (Å²) in [7, 11) is 0. The Hall–Kier alpha value is -1.07. The number of nitrogen functional groups attached to an aromatic ring is 1. The molecule has 110 valence electrons. The Balaban J connectivity index is 1.60. The average molecular weight is 294 g/mol. The van der Waals surface area contributed by atoms with Crippen molar-refractivity contribution in [1.82, 2.24) is 0 Å². The molecule has 1 aliphatic heterocycles. The van der Waals surface area contributed by atoms with E-state index in [1.807, 2.05) is 6.07 Å². The summed E-state index contributed by atoms with van der Waals surface area (Å²) < 4.78 is 5.69. The Morgan fingerprint density at radius 1 is 1.50 bits per heavy atom. The van der Waals surface area contributed by atoms with Gasteiger partial charge in [0.25, 0.3) is 0 Å². The topological polar surface area (TPSA) is 64.3 Å². The van der Waals surface area contributed by atoms with Gasteiger partial charge in [0.2, 0.25) is 0 Å². The molecule has 2 fully saturated rings. The van der Waals surface area contributed by atoms with Crippen molar-refractivity contribution in [2.75, 3.05) is 24.2 Å². The average Bonchev–Trinajstić information content (AvgIpc) is 3.08. The molecule has 20 heavy (non-hydrogen) atoms. The summed E-state index contributed by atoms with van der Waals surface area (Å²) in [5.74, 6) is 1.03. The first kappa shape index (κ1) is 13.9. The van der Waals surface area contributed by atoms with Crippen LogP contribution >= 0.6 is 11.3 Å². The van der Waals surface area contributed by atoms with E-state index in [0.29, 0.717) is 17.7 Å². The van der Waals surface area contributed by atoms with Gasteiger partial charge in [0.15, 0.2) is 5.78 Å². The fraction of sp³-hybridized carbons (Fsp3) is 0.667. The second-order valence-electron chi connectivity index (χ2n) is 5.78.